The van der Waals surface area contributed by atoms with Crippen LogP contribution < -0.4 is 0 Å². The molecule has 1 heteroatoms. The molecular formula is C30H51F. The Balaban J connectivity index is 1.94. The summed E-state index contributed by atoms with van der Waals surface area (Å²) in [5, 5.41) is 0. The lowest BCUT2D eigenvalue weighted by atomic mass is 9.68. The third kappa shape index (κ3) is 8.21. The first-order valence-electron chi connectivity index (χ1n) is 13.7. The molecule has 0 radical (unpaired) electrons. The van der Waals surface area contributed by atoms with Gasteiger partial charge in [0.05, 0.1) is 0 Å². The van der Waals surface area contributed by atoms with Crippen LogP contribution >= 0.6 is 0 Å². The van der Waals surface area contributed by atoms with E-state index in [2.05, 4.69) is 47.3 Å². The third-order valence-electron chi connectivity index (χ3n) is 8.67. The van der Waals surface area contributed by atoms with Crippen molar-refractivity contribution in [3.63, 3.8) is 0 Å². The molecule has 0 nitrogen and oxygen atoms in total. The smallest absolute Gasteiger partial charge is 0.126 e. The summed E-state index contributed by atoms with van der Waals surface area (Å²) in [4.78, 5) is 0. The van der Waals surface area contributed by atoms with Crippen molar-refractivity contribution in [1.29, 1.82) is 0 Å². The van der Waals surface area contributed by atoms with Gasteiger partial charge in [0.15, 0.2) is 0 Å². The summed E-state index contributed by atoms with van der Waals surface area (Å²) in [6.45, 7) is 15.6. The molecule has 0 heterocycles. The number of hydrogen-bond donors (Lipinski definition) is 0. The molecule has 2 saturated carbocycles. The Morgan fingerprint density at radius 1 is 0.903 bits per heavy atom. The van der Waals surface area contributed by atoms with Crippen LogP contribution in [0.4, 0.5) is 4.39 Å². The molecule has 0 bridgehead atoms. The van der Waals surface area contributed by atoms with Crippen molar-refractivity contribution in [2.45, 2.75) is 118 Å². The third-order valence-corrected chi connectivity index (χ3v) is 8.67. The van der Waals surface area contributed by atoms with Crippen LogP contribution in [-0.2, 0) is 0 Å². The van der Waals surface area contributed by atoms with Crippen LogP contribution in [-0.4, -0.2) is 0 Å². The van der Waals surface area contributed by atoms with Gasteiger partial charge in [-0.05, 0) is 111 Å². The molecule has 178 valence electrons. The first-order chi connectivity index (χ1) is 14.9. The average molecular weight is 431 g/mol. The van der Waals surface area contributed by atoms with Gasteiger partial charge in [0, 0.05) is 0 Å². The van der Waals surface area contributed by atoms with Gasteiger partial charge in [-0.1, -0.05) is 73.0 Å². The predicted molar refractivity (Wildman–Crippen MR) is 136 cm³/mol. The Hall–Kier alpha value is -0.850. The van der Waals surface area contributed by atoms with E-state index in [0.717, 1.165) is 54.1 Å². The summed E-state index contributed by atoms with van der Waals surface area (Å²) in [5.41, 5.74) is 1.98. The Labute approximate surface area is 193 Å². The van der Waals surface area contributed by atoms with Crippen molar-refractivity contribution < 1.29 is 4.39 Å². The Morgan fingerprint density at radius 3 is 2.00 bits per heavy atom. The van der Waals surface area contributed by atoms with Gasteiger partial charge >= 0.3 is 0 Å². The lowest BCUT2D eigenvalue weighted by Gasteiger charge is -2.37. The molecule has 0 aromatic rings. The summed E-state index contributed by atoms with van der Waals surface area (Å²) in [5.74, 6) is 4.32. The van der Waals surface area contributed by atoms with Crippen molar-refractivity contribution in [2.24, 2.45) is 35.5 Å². The van der Waals surface area contributed by atoms with Gasteiger partial charge < -0.3 is 0 Å². The molecule has 0 saturated heterocycles. The molecule has 2 rings (SSSR count). The van der Waals surface area contributed by atoms with E-state index in [1.54, 1.807) is 6.08 Å². The van der Waals surface area contributed by atoms with Crippen LogP contribution in [0.25, 0.3) is 0 Å². The van der Waals surface area contributed by atoms with E-state index in [-0.39, 0.29) is 5.83 Å². The topological polar surface area (TPSA) is 0 Å². The van der Waals surface area contributed by atoms with Gasteiger partial charge in [0.1, 0.15) is 5.83 Å². The van der Waals surface area contributed by atoms with Gasteiger partial charge in [-0.2, -0.15) is 0 Å². The average Bonchev–Trinajstić information content (AvgIpc) is 2.79. The molecule has 31 heavy (non-hydrogen) atoms. The Kier molecular flexibility index (Phi) is 11.6. The highest BCUT2D eigenvalue weighted by Crippen LogP contribution is 2.43. The molecule has 2 aliphatic carbocycles. The summed E-state index contributed by atoms with van der Waals surface area (Å²) in [7, 11) is 0. The molecule has 0 spiro atoms. The SMILES string of the molecule is C=C(/C=C(F)\C(=C/CC)C(CC)CCC(C)CC)C1CCC(C2CCC(C)CC2)CC1. The Morgan fingerprint density at radius 2 is 1.48 bits per heavy atom. The van der Waals surface area contributed by atoms with Crippen LogP contribution in [0.2, 0.25) is 0 Å². The normalized spacial score (nSPS) is 30.1. The fourth-order valence-corrected chi connectivity index (χ4v) is 6.03. The second-order valence-corrected chi connectivity index (χ2v) is 11.0. The highest BCUT2D eigenvalue weighted by Gasteiger charge is 2.30. The van der Waals surface area contributed by atoms with E-state index >= 15 is 4.39 Å². The van der Waals surface area contributed by atoms with Crippen LogP contribution in [0.3, 0.4) is 0 Å². The zero-order valence-corrected chi connectivity index (χ0v) is 21.4. The van der Waals surface area contributed by atoms with E-state index in [1.165, 1.54) is 64.2 Å². The van der Waals surface area contributed by atoms with Gasteiger partial charge in [0.2, 0.25) is 0 Å². The second kappa shape index (κ2) is 13.6. The number of allylic oxidation sites excluding steroid dienone is 5. The molecule has 0 aromatic heterocycles. The summed E-state index contributed by atoms with van der Waals surface area (Å²) in [6, 6.07) is 0. The maximum atomic E-state index is 15.4. The van der Waals surface area contributed by atoms with E-state index in [1.807, 2.05) is 0 Å². The molecule has 0 aromatic carbocycles. The standard InChI is InChI=1S/C30H51F/c1-7-10-29(25(9-3)14-11-22(4)8-2)30(31)21-24(6)26-17-19-28(20-18-26)27-15-12-23(5)13-16-27/h10,21-23,25-28H,6-9,11-20H2,1-5H3/b29-10-,30-21+. The molecule has 2 atom stereocenters. The van der Waals surface area contributed by atoms with Crippen LogP contribution in [0.15, 0.2) is 35.7 Å². The molecule has 2 unspecified atom stereocenters. The van der Waals surface area contributed by atoms with E-state index in [4.69, 9.17) is 0 Å². The predicted octanol–water partition coefficient (Wildman–Crippen LogP) is 10.2. The highest BCUT2D eigenvalue weighted by atomic mass is 19.1. The van der Waals surface area contributed by atoms with Gasteiger partial charge in [-0.15, -0.1) is 0 Å². The zero-order chi connectivity index (χ0) is 22.8. The second-order valence-electron chi connectivity index (χ2n) is 11.0. The minimum Gasteiger partial charge on any atom is -0.207 e. The van der Waals surface area contributed by atoms with Crippen LogP contribution in [0, 0.1) is 35.5 Å². The number of rotatable bonds is 11. The van der Waals surface area contributed by atoms with Crippen molar-refractivity contribution in [3.8, 4) is 0 Å². The lowest BCUT2D eigenvalue weighted by Crippen LogP contribution is -2.25. The zero-order valence-electron chi connectivity index (χ0n) is 21.4. The van der Waals surface area contributed by atoms with Gasteiger partial charge in [-0.3, -0.25) is 0 Å². The fraction of sp³-hybridized carbons (Fsp3) is 0.800. The quantitative estimate of drug-likeness (QED) is 0.286. The minimum atomic E-state index is -0.00811. The first kappa shape index (κ1) is 26.4. The maximum absolute atomic E-state index is 15.4. The minimum absolute atomic E-state index is 0.00811. The molecular weight excluding hydrogens is 379 g/mol. The summed E-state index contributed by atoms with van der Waals surface area (Å²) < 4.78 is 15.4. The van der Waals surface area contributed by atoms with Crippen LogP contribution in [0.1, 0.15) is 118 Å². The Bertz CT molecular complexity index is 582. The van der Waals surface area contributed by atoms with Gasteiger partial charge in [0.25, 0.3) is 0 Å². The van der Waals surface area contributed by atoms with E-state index in [0.29, 0.717) is 11.8 Å². The molecule has 2 fully saturated rings. The molecule has 0 aliphatic heterocycles. The van der Waals surface area contributed by atoms with E-state index < -0.39 is 0 Å². The maximum Gasteiger partial charge on any atom is 0.126 e. The molecule has 0 N–H and O–H groups in total. The van der Waals surface area contributed by atoms with Crippen molar-refractivity contribution in [2.75, 3.05) is 0 Å². The largest absolute Gasteiger partial charge is 0.207 e. The van der Waals surface area contributed by atoms with Crippen molar-refractivity contribution in [3.05, 3.63) is 35.7 Å². The lowest BCUT2D eigenvalue weighted by molar-refractivity contribution is 0.159. The van der Waals surface area contributed by atoms with E-state index in [9.17, 15) is 0 Å². The fourth-order valence-electron chi connectivity index (χ4n) is 6.03. The number of halogens is 1. The summed E-state index contributed by atoms with van der Waals surface area (Å²) >= 11 is 0. The van der Waals surface area contributed by atoms with Crippen molar-refractivity contribution in [1.82, 2.24) is 0 Å². The summed E-state index contributed by atoms with van der Waals surface area (Å²) in [6.07, 6.45) is 20.1. The highest BCUT2D eigenvalue weighted by molar-refractivity contribution is 5.34. The monoisotopic (exact) mass is 430 g/mol. The number of hydrogen-bond acceptors (Lipinski definition) is 0. The van der Waals surface area contributed by atoms with Gasteiger partial charge in [-0.25, -0.2) is 4.39 Å². The van der Waals surface area contributed by atoms with Crippen molar-refractivity contribution >= 4 is 0 Å². The molecule has 0 amide bonds. The molecule has 2 aliphatic rings. The van der Waals surface area contributed by atoms with Crippen LogP contribution in [0.5, 0.6) is 0 Å². The first-order valence-corrected chi connectivity index (χ1v) is 13.7.